The predicted octanol–water partition coefficient (Wildman–Crippen LogP) is 4.37. The number of aromatic nitrogens is 2. The number of nitrogens with zero attached hydrogens (tertiary/aromatic N) is 2. The first kappa shape index (κ1) is 18.3. The maximum atomic E-state index is 12.8. The standard InChI is InChI=1S/C19H19FN2O3S/c1-23-16-7-3-14(4-8-16)13-18-21-22-19(25-18)26-12-2-11-24-17-9-5-15(20)6-10-17/h3-10H,2,11-13H2,1H3. The number of ether oxygens (including phenoxy) is 2. The molecule has 0 aliphatic rings. The summed E-state index contributed by atoms with van der Waals surface area (Å²) in [5, 5.41) is 8.68. The zero-order chi connectivity index (χ0) is 18.2. The van der Waals surface area contributed by atoms with E-state index in [1.165, 1.54) is 23.9 Å². The molecule has 136 valence electrons. The second kappa shape index (κ2) is 9.24. The maximum absolute atomic E-state index is 12.8. The van der Waals surface area contributed by atoms with E-state index in [-0.39, 0.29) is 5.82 Å². The van der Waals surface area contributed by atoms with E-state index in [2.05, 4.69) is 10.2 Å². The van der Waals surface area contributed by atoms with Gasteiger partial charge in [0.15, 0.2) is 0 Å². The molecular weight excluding hydrogens is 355 g/mol. The molecule has 5 nitrogen and oxygen atoms in total. The number of methoxy groups -OCH3 is 1. The molecule has 0 atom stereocenters. The number of benzene rings is 2. The fourth-order valence-electron chi connectivity index (χ4n) is 2.23. The summed E-state index contributed by atoms with van der Waals surface area (Å²) in [6, 6.07) is 13.8. The summed E-state index contributed by atoms with van der Waals surface area (Å²) in [4.78, 5) is 0. The van der Waals surface area contributed by atoms with Crippen LogP contribution in [0.3, 0.4) is 0 Å². The van der Waals surface area contributed by atoms with Gasteiger partial charge < -0.3 is 13.9 Å². The third kappa shape index (κ3) is 5.49. The Labute approximate surface area is 155 Å². The molecule has 0 fully saturated rings. The van der Waals surface area contributed by atoms with Crippen LogP contribution in [0.1, 0.15) is 17.9 Å². The molecule has 0 saturated carbocycles. The van der Waals surface area contributed by atoms with Gasteiger partial charge in [0.2, 0.25) is 5.89 Å². The van der Waals surface area contributed by atoms with Crippen molar-refractivity contribution in [1.82, 2.24) is 10.2 Å². The van der Waals surface area contributed by atoms with Crippen LogP contribution in [-0.4, -0.2) is 29.7 Å². The summed E-state index contributed by atoms with van der Waals surface area (Å²) in [6.07, 6.45) is 1.41. The zero-order valence-corrected chi connectivity index (χ0v) is 15.2. The Morgan fingerprint density at radius 3 is 2.46 bits per heavy atom. The number of hydrogen-bond acceptors (Lipinski definition) is 6. The Morgan fingerprint density at radius 2 is 1.73 bits per heavy atom. The second-order valence-electron chi connectivity index (χ2n) is 5.49. The fraction of sp³-hybridized carbons (Fsp3) is 0.263. The quantitative estimate of drug-likeness (QED) is 0.409. The average molecular weight is 374 g/mol. The first-order chi connectivity index (χ1) is 12.7. The molecule has 1 aromatic heterocycles. The van der Waals surface area contributed by atoms with Gasteiger partial charge in [0.25, 0.3) is 5.22 Å². The van der Waals surface area contributed by atoms with Crippen molar-refractivity contribution in [3.05, 3.63) is 65.8 Å². The maximum Gasteiger partial charge on any atom is 0.276 e. The molecule has 0 aliphatic carbocycles. The normalized spacial score (nSPS) is 10.7. The minimum atomic E-state index is -0.269. The Kier molecular flexibility index (Phi) is 6.49. The van der Waals surface area contributed by atoms with Crippen LogP contribution in [0.2, 0.25) is 0 Å². The van der Waals surface area contributed by atoms with E-state index >= 15 is 0 Å². The molecule has 2 aromatic carbocycles. The van der Waals surface area contributed by atoms with Crippen LogP contribution in [0, 0.1) is 5.82 Å². The van der Waals surface area contributed by atoms with Crippen molar-refractivity contribution in [3.63, 3.8) is 0 Å². The van der Waals surface area contributed by atoms with E-state index in [1.54, 1.807) is 19.2 Å². The summed E-state index contributed by atoms with van der Waals surface area (Å²) < 4.78 is 29.1. The van der Waals surface area contributed by atoms with Gasteiger partial charge >= 0.3 is 0 Å². The van der Waals surface area contributed by atoms with E-state index in [0.29, 0.717) is 29.9 Å². The minimum Gasteiger partial charge on any atom is -0.497 e. The molecule has 0 unspecified atom stereocenters. The van der Waals surface area contributed by atoms with Gasteiger partial charge in [0.1, 0.15) is 17.3 Å². The zero-order valence-electron chi connectivity index (χ0n) is 14.4. The summed E-state index contributed by atoms with van der Waals surface area (Å²) >= 11 is 1.50. The summed E-state index contributed by atoms with van der Waals surface area (Å²) in [7, 11) is 1.64. The van der Waals surface area contributed by atoms with E-state index < -0.39 is 0 Å². The highest BCUT2D eigenvalue weighted by Gasteiger charge is 2.08. The van der Waals surface area contributed by atoms with Gasteiger partial charge in [-0.3, -0.25) is 0 Å². The largest absolute Gasteiger partial charge is 0.497 e. The van der Waals surface area contributed by atoms with Crippen molar-refractivity contribution < 1.29 is 18.3 Å². The lowest BCUT2D eigenvalue weighted by atomic mass is 10.1. The smallest absolute Gasteiger partial charge is 0.276 e. The molecule has 0 amide bonds. The molecule has 0 N–H and O–H groups in total. The van der Waals surface area contributed by atoms with E-state index in [1.807, 2.05) is 24.3 Å². The van der Waals surface area contributed by atoms with Crippen LogP contribution < -0.4 is 9.47 Å². The summed E-state index contributed by atoms with van der Waals surface area (Å²) in [5.74, 6) is 2.59. The van der Waals surface area contributed by atoms with Gasteiger partial charge in [0.05, 0.1) is 20.1 Å². The van der Waals surface area contributed by atoms with Crippen LogP contribution in [-0.2, 0) is 6.42 Å². The molecule has 7 heteroatoms. The van der Waals surface area contributed by atoms with Crippen LogP contribution in [0.5, 0.6) is 11.5 Å². The Balaban J connectivity index is 1.38. The van der Waals surface area contributed by atoms with Crippen molar-refractivity contribution >= 4 is 11.8 Å². The van der Waals surface area contributed by atoms with Gasteiger partial charge in [-0.15, -0.1) is 10.2 Å². The monoisotopic (exact) mass is 374 g/mol. The lowest BCUT2D eigenvalue weighted by molar-refractivity contribution is 0.318. The van der Waals surface area contributed by atoms with Gasteiger partial charge in [-0.25, -0.2) is 4.39 Å². The number of halogens is 1. The summed E-state index contributed by atoms with van der Waals surface area (Å²) in [6.45, 7) is 0.547. The van der Waals surface area contributed by atoms with Crippen LogP contribution in [0.4, 0.5) is 4.39 Å². The molecule has 0 saturated heterocycles. The van der Waals surface area contributed by atoms with Gasteiger partial charge in [-0.2, -0.15) is 0 Å². The van der Waals surface area contributed by atoms with Gasteiger partial charge in [-0.05, 0) is 48.4 Å². The summed E-state index contributed by atoms with van der Waals surface area (Å²) in [5.41, 5.74) is 1.08. The van der Waals surface area contributed by atoms with Crippen LogP contribution in [0.15, 0.2) is 58.2 Å². The molecule has 3 aromatic rings. The van der Waals surface area contributed by atoms with Crippen LogP contribution >= 0.6 is 11.8 Å². The van der Waals surface area contributed by atoms with Gasteiger partial charge in [0, 0.05) is 5.75 Å². The van der Waals surface area contributed by atoms with Crippen molar-refractivity contribution in [2.75, 3.05) is 19.5 Å². The molecule has 1 heterocycles. The molecule has 0 spiro atoms. The molecule has 0 bridgehead atoms. The molecule has 26 heavy (non-hydrogen) atoms. The second-order valence-corrected chi connectivity index (χ2v) is 6.54. The number of hydrogen-bond donors (Lipinski definition) is 0. The van der Waals surface area contributed by atoms with Crippen molar-refractivity contribution in [1.29, 1.82) is 0 Å². The first-order valence-corrected chi connectivity index (χ1v) is 9.18. The van der Waals surface area contributed by atoms with Crippen molar-refractivity contribution in [3.8, 4) is 11.5 Å². The molecule has 0 aliphatic heterocycles. The lowest BCUT2D eigenvalue weighted by Crippen LogP contribution is -1.98. The molecule has 0 radical (unpaired) electrons. The number of thioether (sulfide) groups is 1. The Hall–Kier alpha value is -2.54. The number of rotatable bonds is 9. The fourth-order valence-corrected chi connectivity index (χ4v) is 2.92. The first-order valence-electron chi connectivity index (χ1n) is 8.19. The molecular formula is C19H19FN2O3S. The van der Waals surface area contributed by atoms with E-state index in [0.717, 1.165) is 23.5 Å². The SMILES string of the molecule is COc1ccc(Cc2nnc(SCCCOc3ccc(F)cc3)o2)cc1. The predicted molar refractivity (Wildman–Crippen MR) is 97.3 cm³/mol. The third-order valence-corrected chi connectivity index (χ3v) is 4.46. The van der Waals surface area contributed by atoms with Gasteiger partial charge in [-0.1, -0.05) is 23.9 Å². The topological polar surface area (TPSA) is 57.4 Å². The van der Waals surface area contributed by atoms with Crippen LogP contribution in [0.25, 0.3) is 0 Å². The molecule has 3 rings (SSSR count). The Bertz CT molecular complexity index is 806. The van der Waals surface area contributed by atoms with E-state index in [4.69, 9.17) is 13.9 Å². The van der Waals surface area contributed by atoms with E-state index in [9.17, 15) is 4.39 Å². The highest BCUT2D eigenvalue weighted by Crippen LogP contribution is 2.20. The Morgan fingerprint density at radius 1 is 1.00 bits per heavy atom. The van der Waals surface area contributed by atoms with Crippen molar-refractivity contribution in [2.24, 2.45) is 0 Å². The van der Waals surface area contributed by atoms with Crippen molar-refractivity contribution in [2.45, 2.75) is 18.1 Å². The highest BCUT2D eigenvalue weighted by molar-refractivity contribution is 7.99. The average Bonchev–Trinajstić information content (AvgIpc) is 3.11. The lowest BCUT2D eigenvalue weighted by Gasteiger charge is -2.04. The third-order valence-electron chi connectivity index (χ3n) is 3.56. The highest BCUT2D eigenvalue weighted by atomic mass is 32.2. The minimum absolute atomic E-state index is 0.269.